The normalized spacial score (nSPS) is 19.2. The maximum absolute atomic E-state index is 14.0. The summed E-state index contributed by atoms with van der Waals surface area (Å²) in [6, 6.07) is 25.3. The number of nitrogens with zero attached hydrogens (tertiary/aromatic N) is 2. The summed E-state index contributed by atoms with van der Waals surface area (Å²) in [6.45, 7) is 1.81. The molecule has 8 heteroatoms. The van der Waals surface area contributed by atoms with Gasteiger partial charge in [-0.15, -0.1) is 0 Å². The number of anilines is 1. The van der Waals surface area contributed by atoms with E-state index < -0.39 is 17.7 Å². The number of esters is 1. The number of oxime groups is 1. The van der Waals surface area contributed by atoms with Crippen molar-refractivity contribution in [3.05, 3.63) is 106 Å². The molecule has 0 aliphatic carbocycles. The Balaban J connectivity index is 1.70. The molecule has 170 valence electrons. The number of amides is 1. The first-order valence-corrected chi connectivity index (χ1v) is 11.4. The van der Waals surface area contributed by atoms with Gasteiger partial charge in [-0.3, -0.25) is 9.69 Å². The number of hydrogen-bond acceptors (Lipinski definition) is 6. The third kappa shape index (κ3) is 3.56. The van der Waals surface area contributed by atoms with E-state index in [4.69, 9.17) is 14.3 Å². The van der Waals surface area contributed by atoms with Gasteiger partial charge >= 0.3 is 17.7 Å². The predicted molar refractivity (Wildman–Crippen MR) is 130 cm³/mol. The van der Waals surface area contributed by atoms with E-state index in [0.717, 1.165) is 4.47 Å². The van der Waals surface area contributed by atoms with Gasteiger partial charge in [0.05, 0.1) is 12.3 Å². The fraction of sp³-hybridized carbons (Fsp3) is 0.115. The summed E-state index contributed by atoms with van der Waals surface area (Å²) in [4.78, 5) is 34.5. The van der Waals surface area contributed by atoms with Crippen LogP contribution in [0.5, 0.6) is 0 Å². The Kier molecular flexibility index (Phi) is 5.67. The van der Waals surface area contributed by atoms with Gasteiger partial charge in [-0.2, -0.15) is 0 Å². The summed E-state index contributed by atoms with van der Waals surface area (Å²) in [5.41, 5.74) is 2.03. The van der Waals surface area contributed by atoms with E-state index in [9.17, 15) is 9.59 Å². The van der Waals surface area contributed by atoms with E-state index in [1.165, 1.54) is 4.90 Å². The second-order valence-corrected chi connectivity index (χ2v) is 8.42. The van der Waals surface area contributed by atoms with Crippen molar-refractivity contribution in [1.29, 1.82) is 0 Å². The van der Waals surface area contributed by atoms with Gasteiger partial charge < -0.3 is 14.3 Å². The van der Waals surface area contributed by atoms with Crippen molar-refractivity contribution >= 4 is 45.1 Å². The molecule has 2 aliphatic heterocycles. The zero-order valence-electron chi connectivity index (χ0n) is 18.1. The number of benzene rings is 3. The molecule has 1 spiro atoms. The quantitative estimate of drug-likeness (QED) is 0.450. The van der Waals surface area contributed by atoms with Gasteiger partial charge in [0.2, 0.25) is 0 Å². The lowest BCUT2D eigenvalue weighted by Crippen LogP contribution is -2.46. The summed E-state index contributed by atoms with van der Waals surface area (Å²) in [6.07, 6.45) is 0. The average Bonchev–Trinajstić information content (AvgIpc) is 3.41. The predicted octanol–water partition coefficient (Wildman–Crippen LogP) is 4.88. The number of halogens is 1. The maximum atomic E-state index is 14.0. The van der Waals surface area contributed by atoms with Crippen LogP contribution in [-0.4, -0.2) is 30.2 Å². The molecular formula is C26H19BrN2O5. The lowest BCUT2D eigenvalue weighted by Gasteiger charge is -2.23. The number of hydrogen-bond donors (Lipinski definition) is 0. The zero-order valence-corrected chi connectivity index (χ0v) is 19.7. The number of carbonyl (C=O) groups excluding carboxylic acids is 2. The average molecular weight is 519 g/mol. The van der Waals surface area contributed by atoms with Crippen LogP contribution in [0.3, 0.4) is 0 Å². The molecule has 1 atom stereocenters. The second kappa shape index (κ2) is 8.79. The fourth-order valence-electron chi connectivity index (χ4n) is 3.91. The third-order valence-electron chi connectivity index (χ3n) is 5.40. The van der Waals surface area contributed by atoms with Gasteiger partial charge in [0.1, 0.15) is 0 Å². The Morgan fingerprint density at radius 3 is 2.26 bits per heavy atom. The highest BCUT2D eigenvalue weighted by molar-refractivity contribution is 9.10. The van der Waals surface area contributed by atoms with E-state index in [-0.39, 0.29) is 18.1 Å². The Hall–Kier alpha value is -3.91. The molecule has 3 aromatic rings. The molecule has 34 heavy (non-hydrogen) atoms. The highest BCUT2D eigenvalue weighted by atomic mass is 79.9. The van der Waals surface area contributed by atoms with Crippen LogP contribution >= 0.6 is 15.9 Å². The summed E-state index contributed by atoms with van der Waals surface area (Å²) in [5.74, 6) is -3.35. The summed E-state index contributed by atoms with van der Waals surface area (Å²) in [5, 5.41) is 4.06. The minimum absolute atomic E-state index is 0.0646. The lowest BCUT2D eigenvalue weighted by atomic mass is 10.0. The van der Waals surface area contributed by atoms with Crippen molar-refractivity contribution < 1.29 is 23.9 Å². The molecule has 0 fully saturated rings. The topological polar surface area (TPSA) is 77.4 Å². The number of ether oxygens (including phenoxy) is 2. The van der Waals surface area contributed by atoms with E-state index in [1.807, 2.05) is 48.5 Å². The second-order valence-electron chi connectivity index (χ2n) is 7.50. The Morgan fingerprint density at radius 2 is 1.62 bits per heavy atom. The van der Waals surface area contributed by atoms with Crippen molar-refractivity contribution in [2.45, 2.75) is 12.7 Å². The van der Waals surface area contributed by atoms with Gasteiger partial charge in [0, 0.05) is 15.7 Å². The van der Waals surface area contributed by atoms with Gasteiger partial charge in [-0.25, -0.2) is 4.79 Å². The molecule has 0 saturated heterocycles. The number of para-hydroxylation sites is 1. The van der Waals surface area contributed by atoms with E-state index in [1.54, 1.807) is 43.3 Å². The SMILES string of the molecule is CCOC(=O)C1=C(c2ccccc2)N(c2ccccc2)C(=O)C12ON=C(c1ccc(Br)cc1)O2. The number of carbonyl (C=O) groups is 2. The Bertz CT molecular complexity index is 1310. The van der Waals surface area contributed by atoms with Crippen LogP contribution in [0, 0.1) is 0 Å². The third-order valence-corrected chi connectivity index (χ3v) is 5.93. The fourth-order valence-corrected chi connectivity index (χ4v) is 4.18. The van der Waals surface area contributed by atoms with Crippen LogP contribution < -0.4 is 4.90 Å². The monoisotopic (exact) mass is 518 g/mol. The lowest BCUT2D eigenvalue weighted by molar-refractivity contribution is -0.171. The van der Waals surface area contributed by atoms with Crippen molar-refractivity contribution in [3.8, 4) is 0 Å². The van der Waals surface area contributed by atoms with Crippen LogP contribution in [0.2, 0.25) is 0 Å². The van der Waals surface area contributed by atoms with Crippen LogP contribution in [0.15, 0.2) is 100 Å². The maximum Gasteiger partial charge on any atom is 0.393 e. The summed E-state index contributed by atoms with van der Waals surface area (Å²) >= 11 is 3.40. The van der Waals surface area contributed by atoms with Crippen molar-refractivity contribution in [1.82, 2.24) is 0 Å². The molecular weight excluding hydrogens is 500 g/mol. The molecule has 5 rings (SSSR count). The molecule has 1 amide bonds. The van der Waals surface area contributed by atoms with Crippen LogP contribution in [0.25, 0.3) is 5.70 Å². The molecule has 0 bridgehead atoms. The molecule has 0 aromatic heterocycles. The minimum atomic E-state index is -2.12. The van der Waals surface area contributed by atoms with Gasteiger partial charge in [-0.05, 0) is 54.0 Å². The van der Waals surface area contributed by atoms with Crippen molar-refractivity contribution in [3.63, 3.8) is 0 Å². The van der Waals surface area contributed by atoms with E-state index >= 15 is 0 Å². The highest BCUT2D eigenvalue weighted by Gasteiger charge is 2.65. The molecule has 2 heterocycles. The molecule has 0 saturated carbocycles. The first kappa shape index (κ1) is 21.9. The van der Waals surface area contributed by atoms with Gasteiger partial charge in [-0.1, -0.05) is 64.5 Å². The van der Waals surface area contributed by atoms with Crippen molar-refractivity contribution in [2.24, 2.45) is 5.16 Å². The zero-order chi connectivity index (χ0) is 23.7. The molecule has 0 radical (unpaired) electrons. The van der Waals surface area contributed by atoms with E-state index in [2.05, 4.69) is 21.1 Å². The Morgan fingerprint density at radius 1 is 0.971 bits per heavy atom. The first-order chi connectivity index (χ1) is 16.5. The molecule has 0 N–H and O–H groups in total. The smallest absolute Gasteiger partial charge is 0.393 e. The molecule has 2 aliphatic rings. The van der Waals surface area contributed by atoms with Crippen LogP contribution in [0.4, 0.5) is 5.69 Å². The summed E-state index contributed by atoms with van der Waals surface area (Å²) < 4.78 is 12.3. The molecule has 3 aromatic carbocycles. The highest BCUT2D eigenvalue weighted by Crippen LogP contribution is 2.47. The van der Waals surface area contributed by atoms with Gasteiger partial charge in [0.15, 0.2) is 5.57 Å². The van der Waals surface area contributed by atoms with Crippen LogP contribution in [-0.2, 0) is 23.9 Å². The first-order valence-electron chi connectivity index (χ1n) is 10.6. The largest absolute Gasteiger partial charge is 0.462 e. The van der Waals surface area contributed by atoms with E-state index in [0.29, 0.717) is 22.5 Å². The standard InChI is InChI=1S/C26H19BrN2O5/c1-2-32-24(30)21-22(17-9-5-3-6-10-17)29(20-11-7-4-8-12-20)25(31)26(21)33-23(28-34-26)18-13-15-19(27)16-14-18/h3-16H,2H2,1H3. The Labute approximate surface area is 204 Å². The summed E-state index contributed by atoms with van der Waals surface area (Å²) in [7, 11) is 0. The van der Waals surface area contributed by atoms with Crippen LogP contribution in [0.1, 0.15) is 18.1 Å². The van der Waals surface area contributed by atoms with Crippen molar-refractivity contribution in [2.75, 3.05) is 11.5 Å². The van der Waals surface area contributed by atoms with Gasteiger partial charge in [0.25, 0.3) is 5.90 Å². The molecule has 7 nitrogen and oxygen atoms in total. The minimum Gasteiger partial charge on any atom is -0.462 e. The number of rotatable bonds is 5. The molecule has 1 unspecified atom stereocenters.